The van der Waals surface area contributed by atoms with Crippen LogP contribution < -0.4 is 38.5 Å². The number of carbonyl (C=O) groups excluding carboxylic acids is 4. The fourth-order valence-electron chi connectivity index (χ4n) is 7.11. The maximum absolute atomic E-state index is 14.6. The van der Waals surface area contributed by atoms with Gasteiger partial charge in [0.15, 0.2) is 23.1 Å². The Morgan fingerprint density at radius 3 is 1.25 bits per heavy atom. The quantitative estimate of drug-likeness (QED) is 0.128. The molecule has 0 bridgehead atoms. The second kappa shape index (κ2) is 19.6. The number of para-hydroxylation sites is 2. The van der Waals surface area contributed by atoms with Crippen molar-refractivity contribution in [3.8, 4) is 11.5 Å². The van der Waals surface area contributed by atoms with Gasteiger partial charge >= 0.3 is 10.2 Å². The van der Waals surface area contributed by atoms with Gasteiger partial charge < -0.3 is 29.9 Å². The normalized spacial score (nSPS) is 13.6. The van der Waals surface area contributed by atoms with Gasteiger partial charge in [-0.1, -0.05) is 12.1 Å². The van der Waals surface area contributed by atoms with Crippen LogP contribution in [-0.4, -0.2) is 85.5 Å². The fraction of sp³-hybridized carbons (Fsp3) is 0.227. The number of anilines is 4. The van der Waals surface area contributed by atoms with E-state index >= 15 is 0 Å². The van der Waals surface area contributed by atoms with Crippen LogP contribution in [0, 0.1) is 34.9 Å². The van der Waals surface area contributed by atoms with Crippen LogP contribution in [0.15, 0.2) is 97.1 Å². The van der Waals surface area contributed by atoms with Gasteiger partial charge in [0, 0.05) is 62.6 Å². The number of hydrogen-bond donors (Lipinski definition) is 2. The summed E-state index contributed by atoms with van der Waals surface area (Å²) in [6.07, 6.45) is -0.995. The number of carbonyl (C=O) groups is 4. The van der Waals surface area contributed by atoms with Crippen molar-refractivity contribution >= 4 is 56.6 Å². The molecule has 6 rings (SSSR count). The lowest BCUT2D eigenvalue weighted by Crippen LogP contribution is -2.53. The van der Waals surface area contributed by atoms with Gasteiger partial charge in [-0.25, -0.2) is 35.0 Å². The molecule has 1 aliphatic rings. The molecule has 342 valence electrons. The molecule has 2 N–H and O–H groups in total. The summed E-state index contributed by atoms with van der Waals surface area (Å²) in [6.45, 7) is -1.98. The summed E-state index contributed by atoms with van der Waals surface area (Å²) < 4.78 is 126. The minimum atomic E-state index is -4.82. The van der Waals surface area contributed by atoms with Crippen LogP contribution in [0.4, 0.5) is 49.1 Å². The molecule has 0 spiro atoms. The van der Waals surface area contributed by atoms with Crippen molar-refractivity contribution < 1.29 is 63.4 Å². The number of nitrogens with zero attached hydrogens (tertiary/aromatic N) is 4. The average Bonchev–Trinajstić information content (AvgIpc) is 3.45. The summed E-state index contributed by atoms with van der Waals surface area (Å²) in [5, 5.41) is 4.85. The van der Waals surface area contributed by atoms with Crippen molar-refractivity contribution in [2.45, 2.75) is 24.9 Å². The van der Waals surface area contributed by atoms with Crippen LogP contribution in [0.5, 0.6) is 11.5 Å². The Balaban J connectivity index is 1.24. The van der Waals surface area contributed by atoms with Crippen LogP contribution in [-0.2, 0) is 42.2 Å². The van der Waals surface area contributed by atoms with E-state index in [1.165, 1.54) is 76.8 Å². The zero-order valence-corrected chi connectivity index (χ0v) is 35.8. The molecule has 1 aliphatic heterocycles. The second-order valence-corrected chi connectivity index (χ2v) is 16.4. The first kappa shape index (κ1) is 47.2. The summed E-state index contributed by atoms with van der Waals surface area (Å²) in [6, 6.07) is 14.4. The topological polar surface area (TPSA) is 158 Å². The highest BCUT2D eigenvalue weighted by Gasteiger charge is 2.43. The molecular weight excluding hydrogens is 887 g/mol. The molecule has 0 saturated carbocycles. The van der Waals surface area contributed by atoms with E-state index in [1.807, 2.05) is 0 Å². The molecule has 5 aromatic carbocycles. The van der Waals surface area contributed by atoms with Gasteiger partial charge in [-0.15, -0.1) is 0 Å². The third kappa shape index (κ3) is 10.7. The van der Waals surface area contributed by atoms with E-state index in [0.717, 1.165) is 46.2 Å². The van der Waals surface area contributed by atoms with Gasteiger partial charge in [0.2, 0.25) is 23.6 Å². The number of nitrogens with one attached hydrogen (secondary N) is 2. The monoisotopic (exact) mass is 926 g/mol. The predicted octanol–water partition coefficient (Wildman–Crippen LogP) is 5.19. The zero-order valence-electron chi connectivity index (χ0n) is 35.0. The number of halogens is 6. The smallest absolute Gasteiger partial charge is 0.327 e. The van der Waals surface area contributed by atoms with E-state index < -0.39 is 107 Å². The van der Waals surface area contributed by atoms with E-state index in [2.05, 4.69) is 10.6 Å². The Morgan fingerprint density at radius 2 is 0.923 bits per heavy atom. The zero-order chi connectivity index (χ0) is 47.3. The Morgan fingerprint density at radius 1 is 0.569 bits per heavy atom. The van der Waals surface area contributed by atoms with Crippen molar-refractivity contribution in [1.29, 1.82) is 0 Å². The summed E-state index contributed by atoms with van der Waals surface area (Å²) in [5.74, 6) is -9.76. The third-order valence-electron chi connectivity index (χ3n) is 10.2. The van der Waals surface area contributed by atoms with Gasteiger partial charge in [0.25, 0.3) is 0 Å². The lowest BCUT2D eigenvalue weighted by molar-refractivity contribution is -0.126. The van der Waals surface area contributed by atoms with Gasteiger partial charge in [-0.3, -0.25) is 19.2 Å². The first-order valence-corrected chi connectivity index (χ1v) is 20.8. The number of rotatable bonds is 16. The molecule has 21 heteroatoms. The molecular formula is C44H40F6N6O8S. The maximum atomic E-state index is 14.6. The number of benzene rings is 5. The number of methoxy groups -OCH3 is 2. The predicted molar refractivity (Wildman–Crippen MR) is 227 cm³/mol. The first-order chi connectivity index (χ1) is 30.8. The number of likely N-dealkylation sites (N-methyl/N-ethyl adjacent to an activating group) is 2. The molecule has 0 fully saturated rings. The van der Waals surface area contributed by atoms with E-state index in [0.29, 0.717) is 20.7 Å². The van der Waals surface area contributed by atoms with Crippen LogP contribution in [0.3, 0.4) is 0 Å². The standard InChI is InChI=1S/C44H40F6N6O8S/c1-53(31-9-11-39(63-3)33(49)21-31)43(59)35(17-25-13-27(45)19-28(46)14-25)51-41(57)23-55-37-7-5-6-8-38(37)56(65(55,61)62)24-42(58)52-36(18-26-15-29(47)20-30(48)16-26)44(60)54(2)32-10-12-40(64-4)34(50)22-32/h5-16,19-22,35-36H,17-18,23-24H2,1-4H3,(H,51,57)(H,52,58)/t35-,36-/m0/s1. The van der Waals surface area contributed by atoms with Crippen molar-refractivity contribution in [1.82, 2.24) is 10.6 Å². The van der Waals surface area contributed by atoms with E-state index in [9.17, 15) is 53.9 Å². The summed E-state index contributed by atoms with van der Waals surface area (Å²) >= 11 is 0. The van der Waals surface area contributed by atoms with Crippen molar-refractivity contribution in [2.24, 2.45) is 0 Å². The van der Waals surface area contributed by atoms with Gasteiger partial charge in [0.05, 0.1) is 25.6 Å². The molecule has 0 aliphatic carbocycles. The van der Waals surface area contributed by atoms with Crippen molar-refractivity contribution in [3.05, 3.63) is 143 Å². The van der Waals surface area contributed by atoms with Crippen LogP contribution in [0.2, 0.25) is 0 Å². The Kier molecular flexibility index (Phi) is 14.2. The lowest BCUT2D eigenvalue weighted by atomic mass is 10.0. The summed E-state index contributed by atoms with van der Waals surface area (Å²) in [4.78, 5) is 57.4. The van der Waals surface area contributed by atoms with Gasteiger partial charge in [-0.2, -0.15) is 8.42 Å². The molecule has 0 saturated heterocycles. The molecule has 65 heavy (non-hydrogen) atoms. The molecule has 0 radical (unpaired) electrons. The Bertz CT molecular complexity index is 2550. The molecule has 0 aromatic heterocycles. The van der Waals surface area contributed by atoms with Crippen LogP contribution >= 0.6 is 0 Å². The number of hydrogen-bond acceptors (Lipinski definition) is 8. The number of fused-ring (bicyclic) bond motifs is 1. The largest absolute Gasteiger partial charge is 0.494 e. The Labute approximate surface area is 369 Å². The van der Waals surface area contributed by atoms with Crippen molar-refractivity contribution in [2.75, 3.05) is 59.8 Å². The molecule has 1 heterocycles. The number of ether oxygens (including phenoxy) is 2. The first-order valence-electron chi connectivity index (χ1n) is 19.4. The molecule has 14 nitrogen and oxygen atoms in total. The minimum absolute atomic E-state index is 0.0104. The fourth-order valence-corrected chi connectivity index (χ4v) is 8.71. The second-order valence-electron chi connectivity index (χ2n) is 14.6. The summed E-state index contributed by atoms with van der Waals surface area (Å²) in [5.41, 5.74) is -0.268. The number of amides is 4. The van der Waals surface area contributed by atoms with Crippen molar-refractivity contribution in [3.63, 3.8) is 0 Å². The molecule has 0 unspecified atom stereocenters. The SMILES string of the molecule is COc1ccc(N(C)C(=O)[C@H](Cc2cc(F)cc(F)c2)NC(=O)CN2c3ccccc3N(CC(=O)N[C@@H](Cc3cc(F)cc(F)c3)C(=O)N(C)c3ccc(OC)c(F)c3)S2(=O)=O)cc1F. The Hall–Kier alpha value is -7.29. The van der Waals surface area contributed by atoms with Crippen LogP contribution in [0.25, 0.3) is 0 Å². The van der Waals surface area contributed by atoms with Gasteiger partial charge in [-0.05, 0) is 71.8 Å². The lowest BCUT2D eigenvalue weighted by Gasteiger charge is -2.27. The molecule has 5 aromatic rings. The molecule has 4 amide bonds. The highest BCUT2D eigenvalue weighted by Crippen LogP contribution is 2.40. The maximum Gasteiger partial charge on any atom is 0.327 e. The van der Waals surface area contributed by atoms with E-state index in [4.69, 9.17) is 9.47 Å². The highest BCUT2D eigenvalue weighted by molar-refractivity contribution is 7.94. The average molecular weight is 927 g/mol. The van der Waals surface area contributed by atoms with Gasteiger partial charge in [0.1, 0.15) is 48.4 Å². The minimum Gasteiger partial charge on any atom is -0.494 e. The van der Waals surface area contributed by atoms with E-state index in [-0.39, 0.29) is 45.4 Å². The van der Waals surface area contributed by atoms with E-state index in [1.54, 1.807) is 0 Å². The molecule has 2 atom stereocenters. The third-order valence-corrected chi connectivity index (χ3v) is 12.0. The van der Waals surface area contributed by atoms with Crippen LogP contribution in [0.1, 0.15) is 11.1 Å². The summed E-state index contributed by atoms with van der Waals surface area (Å²) in [7, 11) is 0.157. The highest BCUT2D eigenvalue weighted by atomic mass is 32.2.